The Kier molecular flexibility index (Phi) is 4.14. The molecule has 0 saturated heterocycles. The lowest BCUT2D eigenvalue weighted by atomic mass is 9.92. The Morgan fingerprint density at radius 2 is 2.00 bits per heavy atom. The summed E-state index contributed by atoms with van der Waals surface area (Å²) in [6.45, 7) is 2.17. The largest absolute Gasteiger partial charge is 0.497 e. The van der Waals surface area contributed by atoms with Gasteiger partial charge in [0.2, 0.25) is 5.95 Å². The number of rotatable bonds is 4. The van der Waals surface area contributed by atoms with Crippen molar-refractivity contribution in [1.29, 1.82) is 0 Å². The van der Waals surface area contributed by atoms with Crippen LogP contribution in [0, 0.1) is 0 Å². The molecule has 0 radical (unpaired) electrons. The second kappa shape index (κ2) is 6.59. The first kappa shape index (κ1) is 15.7. The summed E-state index contributed by atoms with van der Waals surface area (Å²) in [7, 11) is 1.70. The van der Waals surface area contributed by atoms with Crippen LogP contribution in [0.3, 0.4) is 0 Å². The molecule has 2 atom stereocenters. The fourth-order valence-electron chi connectivity index (χ4n) is 3.45. The van der Waals surface area contributed by atoms with Gasteiger partial charge in [-0.15, -0.1) is 0 Å². The molecule has 128 valence electrons. The highest BCUT2D eigenvalue weighted by Gasteiger charge is 2.30. The number of aryl methyl sites for hydroxylation is 1. The second-order valence-electron chi connectivity index (χ2n) is 6.35. The molecule has 4 rings (SSSR count). The highest BCUT2D eigenvalue weighted by atomic mass is 16.5. The van der Waals surface area contributed by atoms with Crippen LogP contribution in [-0.4, -0.2) is 21.9 Å². The Morgan fingerprint density at radius 1 is 1.16 bits per heavy atom. The first-order valence-corrected chi connectivity index (χ1v) is 8.67. The van der Waals surface area contributed by atoms with Crippen LogP contribution in [0.5, 0.6) is 5.75 Å². The van der Waals surface area contributed by atoms with Gasteiger partial charge in [-0.2, -0.15) is 10.1 Å². The molecule has 5 nitrogen and oxygen atoms in total. The molecule has 5 heteroatoms. The van der Waals surface area contributed by atoms with Crippen molar-refractivity contribution >= 4 is 5.95 Å². The van der Waals surface area contributed by atoms with Crippen molar-refractivity contribution in [2.75, 3.05) is 12.4 Å². The van der Waals surface area contributed by atoms with Crippen LogP contribution in [0.15, 0.2) is 54.9 Å². The SMILES string of the molecule is CCc1ccc(C2CC(c3cccc(OC)c3)Nc3ncnn32)cc1. The van der Waals surface area contributed by atoms with Crippen molar-refractivity contribution in [1.82, 2.24) is 14.8 Å². The molecule has 1 N–H and O–H groups in total. The van der Waals surface area contributed by atoms with Crippen molar-refractivity contribution < 1.29 is 4.74 Å². The molecule has 0 spiro atoms. The van der Waals surface area contributed by atoms with E-state index >= 15 is 0 Å². The van der Waals surface area contributed by atoms with Gasteiger partial charge in [0.05, 0.1) is 19.2 Å². The van der Waals surface area contributed by atoms with Gasteiger partial charge in [0.25, 0.3) is 0 Å². The van der Waals surface area contributed by atoms with Gasteiger partial charge < -0.3 is 10.1 Å². The third kappa shape index (κ3) is 2.97. The normalized spacial score (nSPS) is 19.1. The minimum Gasteiger partial charge on any atom is -0.497 e. The number of ether oxygens (including phenoxy) is 1. The average Bonchev–Trinajstić information content (AvgIpc) is 3.16. The molecular formula is C20H22N4O. The van der Waals surface area contributed by atoms with Crippen molar-refractivity contribution in [2.45, 2.75) is 31.8 Å². The number of anilines is 1. The van der Waals surface area contributed by atoms with Crippen LogP contribution in [0.2, 0.25) is 0 Å². The molecule has 0 fully saturated rings. The lowest BCUT2D eigenvalue weighted by molar-refractivity contribution is 0.410. The summed E-state index contributed by atoms with van der Waals surface area (Å²) in [5.74, 6) is 1.68. The van der Waals surface area contributed by atoms with Gasteiger partial charge in [0.1, 0.15) is 12.1 Å². The monoisotopic (exact) mass is 334 g/mol. The highest BCUT2D eigenvalue weighted by molar-refractivity contribution is 5.40. The van der Waals surface area contributed by atoms with Crippen LogP contribution in [0.1, 0.15) is 42.1 Å². The molecule has 3 aromatic rings. The first-order valence-electron chi connectivity index (χ1n) is 8.67. The molecule has 1 aliphatic rings. The van der Waals surface area contributed by atoms with E-state index in [1.807, 2.05) is 16.8 Å². The quantitative estimate of drug-likeness (QED) is 0.784. The maximum absolute atomic E-state index is 5.38. The minimum atomic E-state index is 0.167. The van der Waals surface area contributed by atoms with Crippen LogP contribution in [0.25, 0.3) is 0 Å². The molecule has 0 saturated carbocycles. The summed E-state index contributed by atoms with van der Waals surface area (Å²) >= 11 is 0. The zero-order valence-electron chi connectivity index (χ0n) is 14.5. The van der Waals surface area contributed by atoms with Gasteiger partial charge >= 0.3 is 0 Å². The van der Waals surface area contributed by atoms with E-state index in [-0.39, 0.29) is 12.1 Å². The molecule has 1 aliphatic heterocycles. The molecule has 2 unspecified atom stereocenters. The van der Waals surface area contributed by atoms with E-state index in [0.717, 1.165) is 24.5 Å². The number of aromatic nitrogens is 3. The standard InChI is InChI=1S/C20H22N4O/c1-3-14-7-9-15(10-8-14)19-12-18(23-20-21-13-22-24(19)20)16-5-4-6-17(11-16)25-2/h4-11,13,18-19H,3,12H2,1-2H3,(H,21,22,23). The number of benzene rings is 2. The minimum absolute atomic E-state index is 0.167. The molecule has 1 aromatic heterocycles. The van der Waals surface area contributed by atoms with E-state index in [1.54, 1.807) is 13.4 Å². The number of hydrogen-bond acceptors (Lipinski definition) is 4. The van der Waals surface area contributed by atoms with E-state index in [1.165, 1.54) is 16.7 Å². The Hall–Kier alpha value is -2.82. The molecular weight excluding hydrogens is 312 g/mol. The lowest BCUT2D eigenvalue weighted by Crippen LogP contribution is -2.28. The average molecular weight is 334 g/mol. The maximum atomic E-state index is 5.38. The summed E-state index contributed by atoms with van der Waals surface area (Å²) < 4.78 is 7.36. The van der Waals surface area contributed by atoms with Gasteiger partial charge in [-0.1, -0.05) is 43.3 Å². The third-order valence-corrected chi connectivity index (χ3v) is 4.90. The number of nitrogens with zero attached hydrogens (tertiary/aromatic N) is 3. The Bertz CT molecular complexity index is 856. The fraction of sp³-hybridized carbons (Fsp3) is 0.300. The molecule has 0 aliphatic carbocycles. The van der Waals surface area contributed by atoms with Crippen molar-refractivity contribution in [3.8, 4) is 5.75 Å². The summed E-state index contributed by atoms with van der Waals surface area (Å²) in [6, 6.07) is 17.4. The van der Waals surface area contributed by atoms with Crippen molar-refractivity contribution in [3.05, 3.63) is 71.5 Å². The Labute approximate surface area is 147 Å². The lowest BCUT2D eigenvalue weighted by Gasteiger charge is -2.32. The van der Waals surface area contributed by atoms with Gasteiger partial charge in [0.15, 0.2) is 0 Å². The predicted octanol–water partition coefficient (Wildman–Crippen LogP) is 4.00. The Morgan fingerprint density at radius 3 is 2.76 bits per heavy atom. The Balaban J connectivity index is 1.69. The van der Waals surface area contributed by atoms with Crippen molar-refractivity contribution in [2.24, 2.45) is 0 Å². The molecule has 2 heterocycles. The van der Waals surface area contributed by atoms with Gasteiger partial charge in [-0.05, 0) is 41.7 Å². The number of hydrogen-bond donors (Lipinski definition) is 1. The molecule has 2 aromatic carbocycles. The van der Waals surface area contributed by atoms with Gasteiger partial charge in [-0.3, -0.25) is 0 Å². The van der Waals surface area contributed by atoms with E-state index < -0.39 is 0 Å². The molecule has 25 heavy (non-hydrogen) atoms. The van der Waals surface area contributed by atoms with Crippen LogP contribution in [-0.2, 0) is 6.42 Å². The second-order valence-corrected chi connectivity index (χ2v) is 6.35. The number of methoxy groups -OCH3 is 1. The zero-order chi connectivity index (χ0) is 17.2. The van der Waals surface area contributed by atoms with Crippen LogP contribution >= 0.6 is 0 Å². The third-order valence-electron chi connectivity index (χ3n) is 4.90. The summed E-state index contributed by atoms with van der Waals surface area (Å²) in [5, 5.41) is 7.94. The summed E-state index contributed by atoms with van der Waals surface area (Å²) in [4.78, 5) is 4.39. The predicted molar refractivity (Wildman–Crippen MR) is 98.0 cm³/mol. The van der Waals surface area contributed by atoms with Crippen LogP contribution in [0.4, 0.5) is 5.95 Å². The van der Waals surface area contributed by atoms with Crippen LogP contribution < -0.4 is 10.1 Å². The van der Waals surface area contributed by atoms with E-state index in [2.05, 4.69) is 58.7 Å². The van der Waals surface area contributed by atoms with Crippen molar-refractivity contribution in [3.63, 3.8) is 0 Å². The topological polar surface area (TPSA) is 52.0 Å². The number of fused-ring (bicyclic) bond motifs is 1. The van der Waals surface area contributed by atoms with Gasteiger partial charge in [-0.25, -0.2) is 4.68 Å². The van der Waals surface area contributed by atoms with E-state index in [9.17, 15) is 0 Å². The van der Waals surface area contributed by atoms with E-state index in [0.29, 0.717) is 0 Å². The summed E-state index contributed by atoms with van der Waals surface area (Å²) in [5.41, 5.74) is 3.81. The smallest absolute Gasteiger partial charge is 0.222 e. The fourth-order valence-corrected chi connectivity index (χ4v) is 3.45. The molecule has 0 amide bonds. The summed E-state index contributed by atoms with van der Waals surface area (Å²) in [6.07, 6.45) is 3.58. The molecule has 0 bridgehead atoms. The zero-order valence-corrected chi connectivity index (χ0v) is 14.5. The maximum Gasteiger partial charge on any atom is 0.222 e. The van der Waals surface area contributed by atoms with E-state index in [4.69, 9.17) is 4.74 Å². The first-order chi connectivity index (χ1) is 12.3. The number of nitrogens with one attached hydrogen (secondary N) is 1. The van der Waals surface area contributed by atoms with Gasteiger partial charge in [0, 0.05) is 0 Å². The highest BCUT2D eigenvalue weighted by Crippen LogP contribution is 2.38.